The fraction of sp³-hybridized carbons (Fsp3) is 0.652. The van der Waals surface area contributed by atoms with Gasteiger partial charge in [-0.05, 0) is 99.7 Å². The molecule has 0 aromatic heterocycles. The van der Waals surface area contributed by atoms with Gasteiger partial charge in [-0.25, -0.2) is 8.78 Å². The predicted molar refractivity (Wildman–Crippen MR) is 102 cm³/mol. The summed E-state index contributed by atoms with van der Waals surface area (Å²) in [4.78, 5) is 0. The molecule has 0 saturated heterocycles. The maximum Gasteiger partial charge on any atom is 0.131 e. The fourth-order valence-electron chi connectivity index (χ4n) is 4.98. The molecule has 0 amide bonds. The molecule has 0 bridgehead atoms. The molecule has 2 aliphatic rings. The highest BCUT2D eigenvalue weighted by Gasteiger charge is 2.31. The number of hydrogen-bond acceptors (Lipinski definition) is 1. The molecule has 0 radical (unpaired) electrons. The van der Waals surface area contributed by atoms with Crippen LogP contribution in [0, 0.1) is 29.4 Å². The van der Waals surface area contributed by atoms with Crippen molar-refractivity contribution in [1.29, 1.82) is 0 Å². The van der Waals surface area contributed by atoms with Gasteiger partial charge in [0.25, 0.3) is 0 Å². The Bertz CT molecular complexity index is 573. The van der Waals surface area contributed by atoms with Crippen LogP contribution in [0.2, 0.25) is 0 Å². The van der Waals surface area contributed by atoms with E-state index in [0.29, 0.717) is 18.4 Å². The monoisotopic (exact) mass is 362 g/mol. The molecule has 0 spiro atoms. The van der Waals surface area contributed by atoms with E-state index in [1.54, 1.807) is 0 Å². The van der Waals surface area contributed by atoms with Crippen LogP contribution in [0.1, 0.15) is 75.3 Å². The first-order chi connectivity index (χ1) is 12.6. The SMILES string of the molecule is C=C[C@H]1CC[C@H](C2CCC(c3cc(F)c(COCC)c(F)c3)CC2)CC1. The van der Waals surface area contributed by atoms with Crippen LogP contribution in [0.4, 0.5) is 8.78 Å². The first-order valence-corrected chi connectivity index (χ1v) is 10.3. The van der Waals surface area contributed by atoms with E-state index in [2.05, 4.69) is 12.7 Å². The quantitative estimate of drug-likeness (QED) is 0.508. The van der Waals surface area contributed by atoms with Crippen molar-refractivity contribution in [2.24, 2.45) is 17.8 Å². The molecule has 1 nitrogen and oxygen atoms in total. The third-order valence-electron chi connectivity index (χ3n) is 6.67. The molecule has 0 unspecified atom stereocenters. The first-order valence-electron chi connectivity index (χ1n) is 10.3. The Balaban J connectivity index is 1.57. The van der Waals surface area contributed by atoms with Gasteiger partial charge in [-0.2, -0.15) is 0 Å². The topological polar surface area (TPSA) is 9.23 Å². The third kappa shape index (κ3) is 4.54. The Hall–Kier alpha value is -1.22. The van der Waals surface area contributed by atoms with Crippen molar-refractivity contribution in [2.45, 2.75) is 70.8 Å². The average molecular weight is 363 g/mol. The Labute approximate surface area is 156 Å². The molecule has 2 aliphatic carbocycles. The summed E-state index contributed by atoms with van der Waals surface area (Å²) in [6.45, 7) is 6.23. The molecule has 2 saturated carbocycles. The maximum absolute atomic E-state index is 14.3. The van der Waals surface area contributed by atoms with Gasteiger partial charge in [0.05, 0.1) is 6.61 Å². The number of benzene rings is 1. The Kier molecular flexibility index (Phi) is 6.86. The minimum Gasteiger partial charge on any atom is -0.377 e. The molecule has 3 heteroatoms. The largest absolute Gasteiger partial charge is 0.377 e. The second kappa shape index (κ2) is 9.12. The van der Waals surface area contributed by atoms with Gasteiger partial charge in [0.15, 0.2) is 0 Å². The minimum atomic E-state index is -0.460. The minimum absolute atomic E-state index is 0.00850. The highest BCUT2D eigenvalue weighted by molar-refractivity contribution is 5.28. The molecule has 1 aromatic rings. The van der Waals surface area contributed by atoms with Crippen LogP contribution in [0.5, 0.6) is 0 Å². The van der Waals surface area contributed by atoms with Crippen molar-refractivity contribution in [3.05, 3.63) is 47.5 Å². The molecule has 1 aromatic carbocycles. The number of hydrogen-bond donors (Lipinski definition) is 0. The summed E-state index contributed by atoms with van der Waals surface area (Å²) >= 11 is 0. The summed E-state index contributed by atoms with van der Waals surface area (Å²) in [6.07, 6.45) is 11.8. The number of rotatable bonds is 6. The molecular formula is C23H32F2O. The molecule has 3 rings (SSSR count). The molecule has 0 aliphatic heterocycles. The van der Waals surface area contributed by atoms with E-state index in [1.807, 2.05) is 6.92 Å². The zero-order valence-corrected chi connectivity index (χ0v) is 16.0. The maximum atomic E-state index is 14.3. The molecule has 144 valence electrons. The number of allylic oxidation sites excluding steroid dienone is 1. The Morgan fingerprint density at radius 3 is 2.00 bits per heavy atom. The lowest BCUT2D eigenvalue weighted by Gasteiger charge is -2.37. The van der Waals surface area contributed by atoms with E-state index in [-0.39, 0.29) is 12.2 Å². The van der Waals surface area contributed by atoms with E-state index >= 15 is 0 Å². The van der Waals surface area contributed by atoms with Gasteiger partial charge in [0.1, 0.15) is 11.6 Å². The van der Waals surface area contributed by atoms with Crippen LogP contribution < -0.4 is 0 Å². The van der Waals surface area contributed by atoms with Crippen LogP contribution in [0.3, 0.4) is 0 Å². The van der Waals surface area contributed by atoms with Gasteiger partial charge in [0.2, 0.25) is 0 Å². The highest BCUT2D eigenvalue weighted by atomic mass is 19.1. The molecule has 0 heterocycles. The summed E-state index contributed by atoms with van der Waals surface area (Å²) in [7, 11) is 0. The van der Waals surface area contributed by atoms with Gasteiger partial charge in [-0.1, -0.05) is 6.08 Å². The van der Waals surface area contributed by atoms with Crippen LogP contribution in [-0.2, 0) is 11.3 Å². The van der Waals surface area contributed by atoms with Gasteiger partial charge >= 0.3 is 0 Å². The van der Waals surface area contributed by atoms with E-state index < -0.39 is 11.6 Å². The summed E-state index contributed by atoms with van der Waals surface area (Å²) in [6, 6.07) is 3.08. The van der Waals surface area contributed by atoms with Crippen molar-refractivity contribution < 1.29 is 13.5 Å². The van der Waals surface area contributed by atoms with Crippen molar-refractivity contribution >= 4 is 0 Å². The van der Waals surface area contributed by atoms with Crippen molar-refractivity contribution in [3.8, 4) is 0 Å². The average Bonchev–Trinajstić information content (AvgIpc) is 2.67. The van der Waals surface area contributed by atoms with Gasteiger partial charge in [-0.15, -0.1) is 6.58 Å². The Morgan fingerprint density at radius 1 is 0.962 bits per heavy atom. The van der Waals surface area contributed by atoms with E-state index in [4.69, 9.17) is 4.74 Å². The standard InChI is InChI=1S/C23H32F2O/c1-3-16-5-7-17(8-6-16)18-9-11-19(12-10-18)20-13-22(24)21(15-26-4-2)23(25)14-20/h3,13-14,16-19H,1,4-12,15H2,2H3/t16-,17-,18?,19?. The van der Waals surface area contributed by atoms with Crippen LogP contribution in [0.25, 0.3) is 0 Å². The van der Waals surface area contributed by atoms with Crippen molar-refractivity contribution in [1.82, 2.24) is 0 Å². The van der Waals surface area contributed by atoms with Gasteiger partial charge in [0, 0.05) is 12.2 Å². The van der Waals surface area contributed by atoms with E-state index in [9.17, 15) is 8.78 Å². The second-order valence-corrected chi connectivity index (χ2v) is 8.12. The molecule has 0 atom stereocenters. The molecular weight excluding hydrogens is 330 g/mol. The summed E-state index contributed by atoms with van der Waals surface area (Å²) in [5, 5.41) is 0. The normalized spacial score (nSPS) is 29.5. The summed E-state index contributed by atoms with van der Waals surface area (Å²) in [5.74, 6) is 1.72. The van der Waals surface area contributed by atoms with E-state index in [1.165, 1.54) is 50.7 Å². The number of ether oxygens (including phenoxy) is 1. The van der Waals surface area contributed by atoms with E-state index in [0.717, 1.165) is 30.2 Å². The van der Waals surface area contributed by atoms with Crippen LogP contribution >= 0.6 is 0 Å². The predicted octanol–water partition coefficient (Wildman–Crippen LogP) is 6.77. The molecule has 26 heavy (non-hydrogen) atoms. The van der Waals surface area contributed by atoms with Crippen molar-refractivity contribution in [3.63, 3.8) is 0 Å². The van der Waals surface area contributed by atoms with Crippen LogP contribution in [-0.4, -0.2) is 6.61 Å². The first kappa shape index (κ1) is 19.5. The number of halogens is 2. The van der Waals surface area contributed by atoms with Crippen LogP contribution in [0.15, 0.2) is 24.8 Å². The van der Waals surface area contributed by atoms with Crippen molar-refractivity contribution in [2.75, 3.05) is 6.61 Å². The lowest BCUT2D eigenvalue weighted by molar-refractivity contribution is 0.128. The fourth-order valence-corrected chi connectivity index (χ4v) is 4.98. The molecule has 2 fully saturated rings. The smallest absolute Gasteiger partial charge is 0.131 e. The lowest BCUT2D eigenvalue weighted by Crippen LogP contribution is -2.25. The lowest BCUT2D eigenvalue weighted by atomic mass is 9.68. The highest BCUT2D eigenvalue weighted by Crippen LogP contribution is 2.44. The van der Waals surface area contributed by atoms with Gasteiger partial charge < -0.3 is 4.74 Å². The zero-order chi connectivity index (χ0) is 18.5. The summed E-state index contributed by atoms with van der Waals surface area (Å²) in [5.41, 5.74) is 0.886. The summed E-state index contributed by atoms with van der Waals surface area (Å²) < 4.78 is 33.8. The van der Waals surface area contributed by atoms with Gasteiger partial charge in [-0.3, -0.25) is 0 Å². The Morgan fingerprint density at radius 2 is 1.50 bits per heavy atom. The second-order valence-electron chi connectivity index (χ2n) is 8.12. The third-order valence-corrected chi connectivity index (χ3v) is 6.67. The molecule has 0 N–H and O–H groups in total. The zero-order valence-electron chi connectivity index (χ0n) is 16.0.